The molecule has 0 bridgehead atoms. The number of esters is 1. The van der Waals surface area contributed by atoms with Crippen molar-refractivity contribution in [1.82, 2.24) is 0 Å². The standard InChI is InChI=1S/C13H17NO4/c1-16-9-6-10(12(14)11(7-9)17-2)13(15)18-8-4-3-5-8/h6-8H,3-5,14H2,1-2H3. The van der Waals surface area contributed by atoms with Gasteiger partial charge in [0.1, 0.15) is 17.6 Å². The number of rotatable bonds is 4. The molecule has 18 heavy (non-hydrogen) atoms. The highest BCUT2D eigenvalue weighted by atomic mass is 16.5. The third-order valence-electron chi connectivity index (χ3n) is 3.12. The Balaban J connectivity index is 2.26. The molecule has 1 saturated carbocycles. The van der Waals surface area contributed by atoms with E-state index in [0.717, 1.165) is 19.3 Å². The Morgan fingerprint density at radius 1 is 1.28 bits per heavy atom. The fraction of sp³-hybridized carbons (Fsp3) is 0.462. The minimum absolute atomic E-state index is 0.0223. The zero-order chi connectivity index (χ0) is 13.1. The molecule has 0 amide bonds. The molecule has 0 heterocycles. The maximum atomic E-state index is 12.0. The molecule has 0 spiro atoms. The van der Waals surface area contributed by atoms with Gasteiger partial charge in [-0.05, 0) is 25.3 Å². The number of benzene rings is 1. The maximum absolute atomic E-state index is 12.0. The molecule has 1 aliphatic carbocycles. The Morgan fingerprint density at radius 3 is 2.50 bits per heavy atom. The Bertz CT molecular complexity index is 455. The summed E-state index contributed by atoms with van der Waals surface area (Å²) in [5, 5.41) is 0. The summed E-state index contributed by atoms with van der Waals surface area (Å²) < 4.78 is 15.5. The number of methoxy groups -OCH3 is 2. The van der Waals surface area contributed by atoms with E-state index in [4.69, 9.17) is 19.9 Å². The summed E-state index contributed by atoms with van der Waals surface area (Å²) in [7, 11) is 3.01. The Morgan fingerprint density at radius 2 is 2.00 bits per heavy atom. The molecule has 5 nitrogen and oxygen atoms in total. The summed E-state index contributed by atoms with van der Waals surface area (Å²) in [5.41, 5.74) is 6.44. The van der Waals surface area contributed by atoms with Gasteiger partial charge in [0.2, 0.25) is 0 Å². The van der Waals surface area contributed by atoms with Crippen LogP contribution in [0.4, 0.5) is 5.69 Å². The molecular weight excluding hydrogens is 234 g/mol. The van der Waals surface area contributed by atoms with Gasteiger partial charge in [0, 0.05) is 6.07 Å². The van der Waals surface area contributed by atoms with Crippen LogP contribution in [0.15, 0.2) is 12.1 Å². The topological polar surface area (TPSA) is 70.8 Å². The molecule has 0 aliphatic heterocycles. The number of carbonyl (C=O) groups excluding carboxylic acids is 1. The average molecular weight is 251 g/mol. The Kier molecular flexibility index (Phi) is 3.60. The van der Waals surface area contributed by atoms with E-state index in [9.17, 15) is 4.79 Å². The van der Waals surface area contributed by atoms with E-state index >= 15 is 0 Å². The summed E-state index contributed by atoms with van der Waals surface area (Å²) in [4.78, 5) is 12.0. The number of carbonyl (C=O) groups is 1. The van der Waals surface area contributed by atoms with Gasteiger partial charge in [0.05, 0.1) is 25.5 Å². The molecular formula is C13H17NO4. The van der Waals surface area contributed by atoms with Gasteiger partial charge in [0.15, 0.2) is 0 Å². The van der Waals surface area contributed by atoms with Gasteiger partial charge in [-0.15, -0.1) is 0 Å². The lowest BCUT2D eigenvalue weighted by Gasteiger charge is -2.25. The van der Waals surface area contributed by atoms with Crippen LogP contribution < -0.4 is 15.2 Å². The van der Waals surface area contributed by atoms with Gasteiger partial charge in [-0.25, -0.2) is 4.79 Å². The van der Waals surface area contributed by atoms with E-state index in [2.05, 4.69) is 0 Å². The lowest BCUT2D eigenvalue weighted by Crippen LogP contribution is -2.25. The molecule has 1 aliphatic rings. The van der Waals surface area contributed by atoms with Crippen molar-refractivity contribution >= 4 is 11.7 Å². The molecule has 0 unspecified atom stereocenters. The van der Waals surface area contributed by atoms with Crippen molar-refractivity contribution in [2.75, 3.05) is 20.0 Å². The highest BCUT2D eigenvalue weighted by Gasteiger charge is 2.24. The number of nitrogens with two attached hydrogens (primary N) is 1. The fourth-order valence-electron chi connectivity index (χ4n) is 1.76. The lowest BCUT2D eigenvalue weighted by molar-refractivity contribution is 0.00907. The first kappa shape index (κ1) is 12.5. The fourth-order valence-corrected chi connectivity index (χ4v) is 1.76. The molecule has 2 rings (SSSR count). The van der Waals surface area contributed by atoms with Crippen LogP contribution in [0.25, 0.3) is 0 Å². The zero-order valence-electron chi connectivity index (χ0n) is 10.6. The van der Waals surface area contributed by atoms with Crippen LogP contribution in [0.1, 0.15) is 29.6 Å². The highest BCUT2D eigenvalue weighted by molar-refractivity contribution is 5.97. The second kappa shape index (κ2) is 5.16. The summed E-state index contributed by atoms with van der Waals surface area (Å²) in [6.45, 7) is 0. The van der Waals surface area contributed by atoms with Crippen LogP contribution in [0.2, 0.25) is 0 Å². The van der Waals surface area contributed by atoms with Gasteiger partial charge in [-0.3, -0.25) is 0 Å². The second-order valence-electron chi connectivity index (χ2n) is 4.25. The second-order valence-corrected chi connectivity index (χ2v) is 4.25. The normalized spacial score (nSPS) is 14.8. The van der Waals surface area contributed by atoms with Crippen molar-refractivity contribution < 1.29 is 19.0 Å². The van der Waals surface area contributed by atoms with Crippen LogP contribution in [-0.2, 0) is 4.74 Å². The molecule has 0 aromatic heterocycles. The molecule has 1 fully saturated rings. The van der Waals surface area contributed by atoms with Crippen molar-refractivity contribution in [3.8, 4) is 11.5 Å². The quantitative estimate of drug-likeness (QED) is 0.654. The van der Waals surface area contributed by atoms with E-state index in [1.54, 1.807) is 12.1 Å². The number of ether oxygens (including phenoxy) is 3. The number of hydrogen-bond donors (Lipinski definition) is 1. The van der Waals surface area contributed by atoms with E-state index < -0.39 is 5.97 Å². The van der Waals surface area contributed by atoms with Crippen LogP contribution in [-0.4, -0.2) is 26.3 Å². The molecule has 1 aromatic rings. The number of hydrogen-bond acceptors (Lipinski definition) is 5. The summed E-state index contributed by atoms with van der Waals surface area (Å²) >= 11 is 0. The third-order valence-corrected chi connectivity index (χ3v) is 3.12. The molecule has 98 valence electrons. The van der Waals surface area contributed by atoms with Gasteiger partial charge in [-0.1, -0.05) is 0 Å². The van der Waals surface area contributed by atoms with Crippen molar-refractivity contribution in [1.29, 1.82) is 0 Å². The molecule has 0 radical (unpaired) electrons. The zero-order valence-corrected chi connectivity index (χ0v) is 10.6. The van der Waals surface area contributed by atoms with E-state index in [1.165, 1.54) is 14.2 Å². The highest BCUT2D eigenvalue weighted by Crippen LogP contribution is 2.32. The average Bonchev–Trinajstić information content (AvgIpc) is 2.33. The maximum Gasteiger partial charge on any atom is 0.340 e. The van der Waals surface area contributed by atoms with E-state index in [1.807, 2.05) is 0 Å². The third kappa shape index (κ3) is 2.34. The van der Waals surface area contributed by atoms with E-state index in [0.29, 0.717) is 11.5 Å². The smallest absolute Gasteiger partial charge is 0.340 e. The Labute approximate surface area is 106 Å². The van der Waals surface area contributed by atoms with Crippen molar-refractivity contribution in [2.45, 2.75) is 25.4 Å². The van der Waals surface area contributed by atoms with Crippen molar-refractivity contribution in [3.05, 3.63) is 17.7 Å². The van der Waals surface area contributed by atoms with Crippen molar-refractivity contribution in [3.63, 3.8) is 0 Å². The molecule has 5 heteroatoms. The monoisotopic (exact) mass is 251 g/mol. The molecule has 0 atom stereocenters. The molecule has 1 aromatic carbocycles. The predicted molar refractivity (Wildman–Crippen MR) is 67.0 cm³/mol. The lowest BCUT2D eigenvalue weighted by atomic mass is 9.96. The minimum Gasteiger partial charge on any atom is -0.497 e. The Hall–Kier alpha value is -1.91. The van der Waals surface area contributed by atoms with Gasteiger partial charge in [0.25, 0.3) is 0 Å². The van der Waals surface area contributed by atoms with Gasteiger partial charge >= 0.3 is 5.97 Å². The van der Waals surface area contributed by atoms with Crippen molar-refractivity contribution in [2.24, 2.45) is 0 Å². The molecule has 0 saturated heterocycles. The van der Waals surface area contributed by atoms with Gasteiger partial charge in [-0.2, -0.15) is 0 Å². The van der Waals surface area contributed by atoms with Crippen LogP contribution >= 0.6 is 0 Å². The van der Waals surface area contributed by atoms with Crippen LogP contribution in [0, 0.1) is 0 Å². The number of nitrogen functional groups attached to an aromatic ring is 1. The SMILES string of the molecule is COc1cc(OC)c(N)c(C(=O)OC2CCC2)c1. The predicted octanol–water partition coefficient (Wildman–Crippen LogP) is 2.00. The van der Waals surface area contributed by atoms with Crippen LogP contribution in [0.3, 0.4) is 0 Å². The van der Waals surface area contributed by atoms with Gasteiger partial charge < -0.3 is 19.9 Å². The summed E-state index contributed by atoms with van der Waals surface area (Å²) in [5.74, 6) is 0.505. The first-order chi connectivity index (χ1) is 8.65. The largest absolute Gasteiger partial charge is 0.497 e. The summed E-state index contributed by atoms with van der Waals surface area (Å²) in [6.07, 6.45) is 2.98. The van der Waals surface area contributed by atoms with Crippen LogP contribution in [0.5, 0.6) is 11.5 Å². The van der Waals surface area contributed by atoms with E-state index in [-0.39, 0.29) is 17.4 Å². The first-order valence-electron chi connectivity index (χ1n) is 5.88. The summed E-state index contributed by atoms with van der Waals surface area (Å²) in [6, 6.07) is 3.20. The molecule has 2 N–H and O–H groups in total. The minimum atomic E-state index is -0.422. The first-order valence-corrected chi connectivity index (χ1v) is 5.88. The number of anilines is 1.